The average Bonchev–Trinajstić information content (AvgIpc) is 1.77. The van der Waals surface area contributed by atoms with Crippen molar-refractivity contribution in [2.75, 3.05) is 0 Å². The minimum Gasteiger partial charge on any atom is -0.294 e. The molecule has 0 saturated carbocycles. The predicted octanol–water partition coefficient (Wildman–Crippen LogP) is 0.854. The van der Waals surface area contributed by atoms with Gasteiger partial charge >= 0.3 is 0 Å². The minimum atomic E-state index is 0.228. The van der Waals surface area contributed by atoms with E-state index in [9.17, 15) is 0 Å². The van der Waals surface area contributed by atoms with E-state index in [0.717, 1.165) is 0 Å². The first-order valence-electron chi connectivity index (χ1n) is 2.88. The van der Waals surface area contributed by atoms with Gasteiger partial charge in [-0.15, -0.1) is 0 Å². The molecule has 0 aliphatic carbocycles. The van der Waals surface area contributed by atoms with Gasteiger partial charge < -0.3 is 0 Å². The van der Waals surface area contributed by atoms with Crippen LogP contribution in [0.3, 0.4) is 0 Å². The summed E-state index contributed by atoms with van der Waals surface area (Å²) >= 11 is 0. The lowest BCUT2D eigenvalue weighted by Gasteiger charge is -2.18. The van der Waals surface area contributed by atoms with E-state index in [2.05, 4.69) is 11.6 Å². The Hall–Kier alpha value is -0.340. The van der Waals surface area contributed by atoms with Crippen LogP contribution < -0.4 is 5.48 Å². The molecular weight excluding hydrogens is 102 g/mol. The van der Waals surface area contributed by atoms with Crippen molar-refractivity contribution in [3.8, 4) is 0 Å². The topological polar surface area (TPSA) is 21.3 Å². The minimum absolute atomic E-state index is 0.228. The summed E-state index contributed by atoms with van der Waals surface area (Å²) in [5.41, 5.74) is 2.84. The largest absolute Gasteiger partial charge is 0.294 e. The number of hydroxylamine groups is 1. The van der Waals surface area contributed by atoms with Crippen LogP contribution in [-0.4, -0.2) is 12.1 Å². The van der Waals surface area contributed by atoms with Crippen molar-refractivity contribution in [3.05, 3.63) is 12.2 Å². The second kappa shape index (κ2) is 2.29. The van der Waals surface area contributed by atoms with Gasteiger partial charge in [0.05, 0.1) is 6.10 Å². The van der Waals surface area contributed by atoms with Crippen LogP contribution in [0, 0.1) is 0 Å². The molecule has 1 N–H and O–H groups in total. The van der Waals surface area contributed by atoms with Crippen molar-refractivity contribution < 1.29 is 4.84 Å². The molecule has 0 unspecified atom stereocenters. The molecule has 0 bridgehead atoms. The van der Waals surface area contributed by atoms with Crippen LogP contribution in [0.2, 0.25) is 0 Å². The third-order valence-electron chi connectivity index (χ3n) is 1.11. The second-order valence-corrected chi connectivity index (χ2v) is 2.11. The third-order valence-corrected chi connectivity index (χ3v) is 1.11. The highest BCUT2D eigenvalue weighted by molar-refractivity contribution is 4.96. The molecule has 0 radical (unpaired) electrons. The van der Waals surface area contributed by atoms with Gasteiger partial charge in [-0.05, 0) is 13.8 Å². The Morgan fingerprint density at radius 1 is 1.38 bits per heavy atom. The van der Waals surface area contributed by atoms with Gasteiger partial charge in [0.25, 0.3) is 0 Å². The summed E-state index contributed by atoms with van der Waals surface area (Å²) in [7, 11) is 0. The molecule has 0 saturated heterocycles. The van der Waals surface area contributed by atoms with Gasteiger partial charge in [-0.25, -0.2) is 0 Å². The molecule has 0 aromatic rings. The third kappa shape index (κ3) is 1.32. The van der Waals surface area contributed by atoms with Gasteiger partial charge in [0.1, 0.15) is 0 Å². The number of hydrogen-bond acceptors (Lipinski definition) is 2. The Morgan fingerprint density at radius 2 is 2.12 bits per heavy atom. The first-order valence-corrected chi connectivity index (χ1v) is 2.88. The van der Waals surface area contributed by atoms with E-state index >= 15 is 0 Å². The number of hydrogen-bond donors (Lipinski definition) is 1. The van der Waals surface area contributed by atoms with Crippen molar-refractivity contribution in [1.82, 2.24) is 5.48 Å². The van der Waals surface area contributed by atoms with E-state index in [1.807, 2.05) is 19.9 Å². The van der Waals surface area contributed by atoms with E-state index in [1.54, 1.807) is 0 Å². The molecule has 1 aliphatic rings. The molecule has 8 heavy (non-hydrogen) atoms. The summed E-state index contributed by atoms with van der Waals surface area (Å²) in [6, 6.07) is 0.367. The summed E-state index contributed by atoms with van der Waals surface area (Å²) in [4.78, 5) is 5.05. The maximum Gasteiger partial charge on any atom is 0.0943 e. The number of nitrogens with one attached hydrogen (secondary N) is 1. The van der Waals surface area contributed by atoms with Gasteiger partial charge in [0.15, 0.2) is 0 Å². The fraction of sp³-hybridized carbons (Fsp3) is 0.667. The van der Waals surface area contributed by atoms with Gasteiger partial charge in [0.2, 0.25) is 0 Å². The average molecular weight is 113 g/mol. The first kappa shape index (κ1) is 5.79. The molecule has 46 valence electrons. The predicted molar refractivity (Wildman–Crippen MR) is 32.3 cm³/mol. The standard InChI is InChI=1S/C6H11NO/c1-5-3-4-6(2)8-7-5/h3-7H,1-2H3/t5-,6+/m1/s1. The summed E-state index contributed by atoms with van der Waals surface area (Å²) in [5.74, 6) is 0. The molecule has 0 amide bonds. The summed E-state index contributed by atoms with van der Waals surface area (Å²) in [6.07, 6.45) is 4.36. The van der Waals surface area contributed by atoms with Gasteiger partial charge in [0, 0.05) is 6.04 Å². The zero-order valence-electron chi connectivity index (χ0n) is 5.22. The molecule has 0 fully saturated rings. The van der Waals surface area contributed by atoms with Crippen LogP contribution in [0.15, 0.2) is 12.2 Å². The lowest BCUT2D eigenvalue weighted by atomic mass is 10.2. The van der Waals surface area contributed by atoms with E-state index in [4.69, 9.17) is 4.84 Å². The fourth-order valence-electron chi connectivity index (χ4n) is 0.616. The molecule has 0 spiro atoms. The Bertz CT molecular complexity index is 88.7. The molecule has 2 nitrogen and oxygen atoms in total. The molecule has 2 heteroatoms. The first-order chi connectivity index (χ1) is 3.79. The monoisotopic (exact) mass is 113 g/mol. The molecule has 2 atom stereocenters. The van der Waals surface area contributed by atoms with E-state index < -0.39 is 0 Å². The molecule has 0 aromatic heterocycles. The summed E-state index contributed by atoms with van der Waals surface area (Å²) in [5, 5.41) is 0. The van der Waals surface area contributed by atoms with Crippen molar-refractivity contribution >= 4 is 0 Å². The zero-order chi connectivity index (χ0) is 5.98. The number of rotatable bonds is 0. The Balaban J connectivity index is 2.42. The van der Waals surface area contributed by atoms with E-state index in [0.29, 0.717) is 6.04 Å². The smallest absolute Gasteiger partial charge is 0.0943 e. The second-order valence-electron chi connectivity index (χ2n) is 2.11. The Morgan fingerprint density at radius 3 is 2.50 bits per heavy atom. The highest BCUT2D eigenvalue weighted by atomic mass is 16.7. The molecule has 1 aliphatic heterocycles. The van der Waals surface area contributed by atoms with E-state index in [1.165, 1.54) is 0 Å². The lowest BCUT2D eigenvalue weighted by molar-refractivity contribution is -0.00975. The Kier molecular flexibility index (Phi) is 1.65. The van der Waals surface area contributed by atoms with Crippen molar-refractivity contribution in [1.29, 1.82) is 0 Å². The molecule has 1 heterocycles. The zero-order valence-corrected chi connectivity index (χ0v) is 5.22. The van der Waals surface area contributed by atoms with Crippen LogP contribution in [0.4, 0.5) is 0 Å². The molecular formula is C6H11NO. The molecule has 0 aromatic carbocycles. The van der Waals surface area contributed by atoms with Crippen LogP contribution in [-0.2, 0) is 4.84 Å². The van der Waals surface area contributed by atoms with Crippen molar-refractivity contribution in [2.24, 2.45) is 0 Å². The van der Waals surface area contributed by atoms with Crippen LogP contribution in [0.1, 0.15) is 13.8 Å². The summed E-state index contributed by atoms with van der Waals surface area (Å²) in [6.45, 7) is 4.04. The van der Waals surface area contributed by atoms with E-state index in [-0.39, 0.29) is 6.10 Å². The summed E-state index contributed by atoms with van der Waals surface area (Å²) < 4.78 is 0. The maximum atomic E-state index is 5.05. The maximum absolute atomic E-state index is 5.05. The van der Waals surface area contributed by atoms with Crippen LogP contribution in [0.5, 0.6) is 0 Å². The van der Waals surface area contributed by atoms with Crippen molar-refractivity contribution in [2.45, 2.75) is 26.0 Å². The highest BCUT2D eigenvalue weighted by Crippen LogP contribution is 1.99. The van der Waals surface area contributed by atoms with Gasteiger partial charge in [-0.1, -0.05) is 12.2 Å². The van der Waals surface area contributed by atoms with Gasteiger partial charge in [-0.3, -0.25) is 4.84 Å². The highest BCUT2D eigenvalue weighted by Gasteiger charge is 2.05. The SMILES string of the molecule is C[C@@H]1C=C[C@H](C)ON1. The van der Waals surface area contributed by atoms with Crippen molar-refractivity contribution in [3.63, 3.8) is 0 Å². The normalized spacial score (nSPS) is 37.8. The van der Waals surface area contributed by atoms with Gasteiger partial charge in [-0.2, -0.15) is 5.48 Å². The Labute approximate surface area is 49.5 Å². The quantitative estimate of drug-likeness (QED) is 0.470. The lowest BCUT2D eigenvalue weighted by Crippen LogP contribution is -2.31. The molecule has 1 rings (SSSR count). The fourth-order valence-corrected chi connectivity index (χ4v) is 0.616. The van der Waals surface area contributed by atoms with Crippen LogP contribution >= 0.6 is 0 Å². The van der Waals surface area contributed by atoms with Crippen LogP contribution in [0.25, 0.3) is 0 Å².